The van der Waals surface area contributed by atoms with E-state index in [-0.39, 0.29) is 11.7 Å². The van der Waals surface area contributed by atoms with E-state index in [1.165, 1.54) is 12.1 Å². The molecule has 30 heavy (non-hydrogen) atoms. The van der Waals surface area contributed by atoms with Crippen LogP contribution in [0.15, 0.2) is 72.8 Å². The summed E-state index contributed by atoms with van der Waals surface area (Å²) in [6.45, 7) is 0. The molecule has 6 heteroatoms. The second kappa shape index (κ2) is 8.05. The summed E-state index contributed by atoms with van der Waals surface area (Å²) >= 11 is 6.02. The number of hydrogen-bond donors (Lipinski definition) is 2. The van der Waals surface area contributed by atoms with Gasteiger partial charge in [0.2, 0.25) is 0 Å². The Labute approximate surface area is 177 Å². The third-order valence-corrected chi connectivity index (χ3v) is 5.33. The van der Waals surface area contributed by atoms with Gasteiger partial charge in [0.25, 0.3) is 0 Å². The van der Waals surface area contributed by atoms with E-state index < -0.39 is 17.9 Å². The number of carboxylic acids is 1. The predicted octanol–water partition coefficient (Wildman–Crippen LogP) is 4.98. The summed E-state index contributed by atoms with van der Waals surface area (Å²) in [5.41, 5.74) is 3.14. The smallest absolute Gasteiger partial charge is 0.328 e. The van der Waals surface area contributed by atoms with Crippen LogP contribution < -0.4 is 4.74 Å². The summed E-state index contributed by atoms with van der Waals surface area (Å²) in [6, 6.07) is 19.1. The molecule has 0 spiro atoms. The lowest BCUT2D eigenvalue weighted by molar-refractivity contribution is -0.137. The molecule has 0 aromatic heterocycles. The van der Waals surface area contributed by atoms with Crippen molar-refractivity contribution in [2.45, 2.75) is 11.8 Å². The monoisotopic (exact) mass is 420 g/mol. The van der Waals surface area contributed by atoms with E-state index in [2.05, 4.69) is 0 Å². The predicted molar refractivity (Wildman–Crippen MR) is 113 cm³/mol. The number of halogens is 1. The van der Waals surface area contributed by atoms with Gasteiger partial charge in [0.05, 0.1) is 5.92 Å². The second-order valence-corrected chi connectivity index (χ2v) is 7.42. The molecule has 1 aliphatic rings. The topological polar surface area (TPSA) is 83.8 Å². The molecule has 0 aliphatic carbocycles. The molecule has 3 aromatic rings. The lowest BCUT2D eigenvalue weighted by atomic mass is 9.75. The van der Waals surface area contributed by atoms with Crippen molar-refractivity contribution in [1.29, 1.82) is 0 Å². The minimum atomic E-state index is -1.02. The Morgan fingerprint density at radius 3 is 2.23 bits per heavy atom. The van der Waals surface area contributed by atoms with Crippen LogP contribution in [0.3, 0.4) is 0 Å². The van der Waals surface area contributed by atoms with E-state index >= 15 is 0 Å². The van der Waals surface area contributed by atoms with Gasteiger partial charge >= 0.3 is 11.9 Å². The maximum absolute atomic E-state index is 13.0. The van der Waals surface area contributed by atoms with Crippen LogP contribution in [0.2, 0.25) is 5.02 Å². The van der Waals surface area contributed by atoms with Gasteiger partial charge in [-0.2, -0.15) is 0 Å². The number of ether oxygens (including phenoxy) is 1. The number of phenols is 1. The normalized spacial score (nSPS) is 18.1. The molecule has 0 saturated heterocycles. The van der Waals surface area contributed by atoms with E-state index in [1.807, 2.05) is 12.1 Å². The standard InChI is InChI=1S/C24H17ClO5/c25-17-8-6-16(7-9-17)23-22(15-4-1-14(2-5-15)3-12-21(27)28)19-11-10-18(26)13-20(19)30-24(23)29/h1-13,22-23,26H,(H,27,28). The number of phenolic OH excluding ortho intramolecular Hbond substituents is 1. The zero-order valence-corrected chi connectivity index (χ0v) is 16.4. The molecular formula is C24H17ClO5. The first kappa shape index (κ1) is 19.7. The summed E-state index contributed by atoms with van der Waals surface area (Å²) in [6.07, 6.45) is 2.57. The van der Waals surface area contributed by atoms with Crippen LogP contribution in [-0.4, -0.2) is 22.2 Å². The van der Waals surface area contributed by atoms with Crippen molar-refractivity contribution in [3.63, 3.8) is 0 Å². The van der Waals surface area contributed by atoms with Gasteiger partial charge in [-0.3, -0.25) is 4.79 Å². The fraction of sp³-hybridized carbons (Fsp3) is 0.0833. The number of carboxylic acid groups (broad SMARTS) is 1. The van der Waals surface area contributed by atoms with Gasteiger partial charge in [-0.15, -0.1) is 0 Å². The zero-order chi connectivity index (χ0) is 21.3. The summed E-state index contributed by atoms with van der Waals surface area (Å²) in [5, 5.41) is 19.2. The highest BCUT2D eigenvalue weighted by Gasteiger charge is 2.39. The molecule has 3 aromatic carbocycles. The Balaban J connectivity index is 1.82. The highest BCUT2D eigenvalue weighted by atomic mass is 35.5. The van der Waals surface area contributed by atoms with Crippen LogP contribution >= 0.6 is 11.6 Å². The number of aromatic hydroxyl groups is 1. The number of carbonyl (C=O) groups is 2. The van der Waals surface area contributed by atoms with E-state index in [4.69, 9.17) is 21.4 Å². The third-order valence-electron chi connectivity index (χ3n) is 5.07. The molecule has 1 heterocycles. The number of fused-ring (bicyclic) bond motifs is 1. The van der Waals surface area contributed by atoms with Crippen LogP contribution in [0.1, 0.15) is 34.1 Å². The number of aliphatic carboxylic acids is 1. The number of benzene rings is 3. The van der Waals surface area contributed by atoms with Crippen LogP contribution in [0, 0.1) is 0 Å². The second-order valence-electron chi connectivity index (χ2n) is 6.99. The molecule has 2 atom stereocenters. The van der Waals surface area contributed by atoms with Crippen LogP contribution in [0.25, 0.3) is 6.08 Å². The largest absolute Gasteiger partial charge is 0.508 e. The number of rotatable bonds is 4. The fourth-order valence-corrected chi connectivity index (χ4v) is 3.83. The number of esters is 1. The molecule has 5 nitrogen and oxygen atoms in total. The van der Waals surface area contributed by atoms with Gasteiger partial charge < -0.3 is 14.9 Å². The quantitative estimate of drug-likeness (QED) is 0.353. The first-order valence-corrected chi connectivity index (χ1v) is 9.61. The van der Waals surface area contributed by atoms with Gasteiger partial charge in [0.1, 0.15) is 11.5 Å². The highest BCUT2D eigenvalue weighted by Crippen LogP contribution is 2.47. The van der Waals surface area contributed by atoms with Gasteiger partial charge in [-0.25, -0.2) is 4.79 Å². The molecule has 150 valence electrons. The molecule has 0 amide bonds. The summed E-state index contributed by atoms with van der Waals surface area (Å²) in [4.78, 5) is 23.7. The van der Waals surface area contributed by atoms with Crippen molar-refractivity contribution in [3.8, 4) is 11.5 Å². The van der Waals surface area contributed by atoms with E-state index in [1.54, 1.807) is 48.5 Å². The van der Waals surface area contributed by atoms with E-state index in [0.29, 0.717) is 10.8 Å². The van der Waals surface area contributed by atoms with Crippen molar-refractivity contribution in [2.24, 2.45) is 0 Å². The van der Waals surface area contributed by atoms with Crippen LogP contribution in [-0.2, 0) is 9.59 Å². The summed E-state index contributed by atoms with van der Waals surface area (Å²) in [5.74, 6) is -2.05. The summed E-state index contributed by atoms with van der Waals surface area (Å²) < 4.78 is 5.54. The van der Waals surface area contributed by atoms with Gasteiger partial charge in [-0.05, 0) is 41.0 Å². The zero-order valence-electron chi connectivity index (χ0n) is 15.7. The van der Waals surface area contributed by atoms with Crippen molar-refractivity contribution in [3.05, 3.63) is 100 Å². The molecule has 2 N–H and O–H groups in total. The van der Waals surface area contributed by atoms with Crippen molar-refractivity contribution in [1.82, 2.24) is 0 Å². The van der Waals surface area contributed by atoms with Crippen LogP contribution in [0.4, 0.5) is 0 Å². The van der Waals surface area contributed by atoms with Gasteiger partial charge in [0, 0.05) is 28.6 Å². The van der Waals surface area contributed by atoms with Crippen LogP contribution in [0.5, 0.6) is 11.5 Å². The van der Waals surface area contributed by atoms with Crippen molar-refractivity contribution in [2.75, 3.05) is 0 Å². The summed E-state index contributed by atoms with van der Waals surface area (Å²) in [7, 11) is 0. The molecule has 0 fully saturated rings. The molecule has 0 bridgehead atoms. The molecule has 0 saturated carbocycles. The van der Waals surface area contributed by atoms with E-state index in [9.17, 15) is 14.7 Å². The molecule has 1 aliphatic heterocycles. The minimum absolute atomic E-state index is 0.0133. The highest BCUT2D eigenvalue weighted by molar-refractivity contribution is 6.30. The van der Waals surface area contributed by atoms with Gasteiger partial charge in [0.15, 0.2) is 0 Å². The first-order chi connectivity index (χ1) is 14.4. The Bertz CT molecular complexity index is 1130. The lowest BCUT2D eigenvalue weighted by Gasteiger charge is -2.32. The Morgan fingerprint density at radius 2 is 1.57 bits per heavy atom. The number of hydrogen-bond acceptors (Lipinski definition) is 4. The molecule has 4 rings (SSSR count). The van der Waals surface area contributed by atoms with E-state index in [0.717, 1.165) is 28.3 Å². The molecular weight excluding hydrogens is 404 g/mol. The van der Waals surface area contributed by atoms with Crippen molar-refractivity contribution >= 4 is 29.6 Å². The average Bonchev–Trinajstić information content (AvgIpc) is 2.72. The SMILES string of the molecule is O=C(O)C=Cc1ccc(C2c3ccc(O)cc3OC(=O)C2c2ccc(Cl)cc2)cc1. The lowest BCUT2D eigenvalue weighted by Crippen LogP contribution is -2.30. The maximum Gasteiger partial charge on any atom is 0.328 e. The van der Waals surface area contributed by atoms with Crippen molar-refractivity contribution < 1.29 is 24.5 Å². The molecule has 0 radical (unpaired) electrons. The Morgan fingerprint density at radius 1 is 0.933 bits per heavy atom. The first-order valence-electron chi connectivity index (χ1n) is 9.23. The maximum atomic E-state index is 13.0. The molecule has 2 unspecified atom stereocenters. The fourth-order valence-electron chi connectivity index (χ4n) is 3.71. The Kier molecular flexibility index (Phi) is 5.29. The third kappa shape index (κ3) is 3.93. The van der Waals surface area contributed by atoms with Gasteiger partial charge in [-0.1, -0.05) is 54.1 Å². The number of carbonyl (C=O) groups excluding carboxylic acids is 1. The minimum Gasteiger partial charge on any atom is -0.508 e. The average molecular weight is 421 g/mol. The Hall–Kier alpha value is -3.57.